The summed E-state index contributed by atoms with van der Waals surface area (Å²) in [4.78, 5) is 2.30. The van der Waals surface area contributed by atoms with Crippen LogP contribution in [0.5, 0.6) is 0 Å². The molecule has 0 bridgehead atoms. The van der Waals surface area contributed by atoms with Crippen molar-refractivity contribution in [3.63, 3.8) is 0 Å². The minimum Gasteiger partial charge on any atom is -0.383 e. The first kappa shape index (κ1) is 14.2. The molecular formula is C14H20ClNO. The number of methoxy groups -OCH3 is 1. The molecule has 0 amide bonds. The SMILES string of the molecule is C=C(CCl)CN(CCOC)Cc1ccccc1. The van der Waals surface area contributed by atoms with Crippen LogP contribution in [-0.4, -0.2) is 37.6 Å². The Morgan fingerprint density at radius 2 is 2.06 bits per heavy atom. The molecular weight excluding hydrogens is 234 g/mol. The number of halogens is 1. The van der Waals surface area contributed by atoms with E-state index in [4.69, 9.17) is 16.3 Å². The molecule has 0 aliphatic rings. The van der Waals surface area contributed by atoms with Gasteiger partial charge in [-0.1, -0.05) is 36.9 Å². The molecule has 1 aromatic carbocycles. The number of rotatable bonds is 8. The normalized spacial score (nSPS) is 10.8. The van der Waals surface area contributed by atoms with Crippen LogP contribution in [0.4, 0.5) is 0 Å². The van der Waals surface area contributed by atoms with Crippen molar-refractivity contribution in [2.45, 2.75) is 6.54 Å². The molecule has 0 atom stereocenters. The molecule has 0 aliphatic carbocycles. The maximum absolute atomic E-state index is 5.78. The van der Waals surface area contributed by atoms with E-state index in [1.807, 2.05) is 6.07 Å². The van der Waals surface area contributed by atoms with Gasteiger partial charge in [0.15, 0.2) is 0 Å². The monoisotopic (exact) mass is 253 g/mol. The van der Waals surface area contributed by atoms with E-state index in [0.29, 0.717) is 5.88 Å². The van der Waals surface area contributed by atoms with Crippen LogP contribution in [-0.2, 0) is 11.3 Å². The highest BCUT2D eigenvalue weighted by atomic mass is 35.5. The predicted octanol–water partition coefficient (Wildman–Crippen LogP) is 2.93. The van der Waals surface area contributed by atoms with Gasteiger partial charge in [0.25, 0.3) is 0 Å². The fraction of sp³-hybridized carbons (Fsp3) is 0.429. The minimum absolute atomic E-state index is 0.512. The summed E-state index contributed by atoms with van der Waals surface area (Å²) in [5.74, 6) is 0.512. The van der Waals surface area contributed by atoms with Crippen molar-refractivity contribution in [3.8, 4) is 0 Å². The van der Waals surface area contributed by atoms with E-state index in [1.165, 1.54) is 5.56 Å². The number of alkyl halides is 1. The minimum atomic E-state index is 0.512. The van der Waals surface area contributed by atoms with Crippen LogP contribution in [0.15, 0.2) is 42.5 Å². The summed E-state index contributed by atoms with van der Waals surface area (Å²) in [7, 11) is 1.72. The number of ether oxygens (including phenoxy) is 1. The highest BCUT2D eigenvalue weighted by Crippen LogP contribution is 2.07. The van der Waals surface area contributed by atoms with Gasteiger partial charge in [-0.25, -0.2) is 0 Å². The van der Waals surface area contributed by atoms with Crippen LogP contribution in [0, 0.1) is 0 Å². The van der Waals surface area contributed by atoms with Gasteiger partial charge in [-0.2, -0.15) is 0 Å². The molecule has 0 aliphatic heterocycles. The second-order valence-corrected chi connectivity index (χ2v) is 4.34. The highest BCUT2D eigenvalue weighted by Gasteiger charge is 2.07. The highest BCUT2D eigenvalue weighted by molar-refractivity contribution is 6.19. The molecule has 1 aromatic rings. The molecule has 94 valence electrons. The lowest BCUT2D eigenvalue weighted by molar-refractivity contribution is 0.150. The topological polar surface area (TPSA) is 12.5 Å². The van der Waals surface area contributed by atoms with Crippen molar-refractivity contribution in [1.29, 1.82) is 0 Å². The third kappa shape index (κ3) is 5.87. The summed E-state index contributed by atoms with van der Waals surface area (Å²) < 4.78 is 5.12. The van der Waals surface area contributed by atoms with E-state index in [9.17, 15) is 0 Å². The summed E-state index contributed by atoms with van der Waals surface area (Å²) in [5, 5.41) is 0. The quantitative estimate of drug-likeness (QED) is 0.522. The second-order valence-electron chi connectivity index (χ2n) is 4.07. The standard InChI is InChI=1S/C14H20ClNO/c1-13(10-15)11-16(8-9-17-2)12-14-6-4-3-5-7-14/h3-7H,1,8-12H2,2H3. The molecule has 0 fully saturated rings. The Morgan fingerprint density at radius 3 is 2.65 bits per heavy atom. The Hall–Kier alpha value is -0.830. The zero-order valence-electron chi connectivity index (χ0n) is 10.4. The molecule has 17 heavy (non-hydrogen) atoms. The predicted molar refractivity (Wildman–Crippen MR) is 73.5 cm³/mol. The maximum Gasteiger partial charge on any atom is 0.0589 e. The van der Waals surface area contributed by atoms with Crippen LogP contribution in [0.3, 0.4) is 0 Å². The third-order valence-electron chi connectivity index (χ3n) is 2.50. The van der Waals surface area contributed by atoms with Gasteiger partial charge in [0.2, 0.25) is 0 Å². The van der Waals surface area contributed by atoms with E-state index in [1.54, 1.807) is 7.11 Å². The number of hydrogen-bond donors (Lipinski definition) is 0. The largest absolute Gasteiger partial charge is 0.383 e. The van der Waals surface area contributed by atoms with Crippen LogP contribution < -0.4 is 0 Å². The van der Waals surface area contributed by atoms with Gasteiger partial charge >= 0.3 is 0 Å². The Bertz CT molecular complexity index is 326. The lowest BCUT2D eigenvalue weighted by Crippen LogP contribution is -2.29. The summed E-state index contributed by atoms with van der Waals surface area (Å²) in [5.41, 5.74) is 2.34. The van der Waals surface area contributed by atoms with Gasteiger partial charge in [-0.15, -0.1) is 11.6 Å². The summed E-state index contributed by atoms with van der Waals surface area (Å²) in [6.45, 7) is 7.29. The summed E-state index contributed by atoms with van der Waals surface area (Å²) in [6.07, 6.45) is 0. The van der Waals surface area contributed by atoms with Gasteiger partial charge in [-0.3, -0.25) is 4.90 Å². The average Bonchev–Trinajstić information content (AvgIpc) is 2.37. The van der Waals surface area contributed by atoms with E-state index in [-0.39, 0.29) is 0 Å². The second kappa shape index (κ2) is 8.29. The Kier molecular flexibility index (Phi) is 6.94. The Labute approximate surface area is 109 Å². The summed E-state index contributed by atoms with van der Waals surface area (Å²) in [6, 6.07) is 10.4. The van der Waals surface area contributed by atoms with E-state index in [2.05, 4.69) is 35.7 Å². The fourth-order valence-electron chi connectivity index (χ4n) is 1.63. The van der Waals surface area contributed by atoms with Crippen LogP contribution in [0.25, 0.3) is 0 Å². The zero-order chi connectivity index (χ0) is 12.5. The molecule has 0 heterocycles. The molecule has 1 rings (SSSR count). The molecule has 2 nitrogen and oxygen atoms in total. The van der Waals surface area contributed by atoms with Crippen molar-refractivity contribution >= 4 is 11.6 Å². The van der Waals surface area contributed by atoms with Crippen molar-refractivity contribution in [3.05, 3.63) is 48.0 Å². The van der Waals surface area contributed by atoms with Gasteiger partial charge in [0.1, 0.15) is 0 Å². The molecule has 0 spiro atoms. The van der Waals surface area contributed by atoms with Gasteiger partial charge in [0, 0.05) is 32.6 Å². The Morgan fingerprint density at radius 1 is 1.35 bits per heavy atom. The Balaban J connectivity index is 2.53. The lowest BCUT2D eigenvalue weighted by atomic mass is 10.2. The van der Waals surface area contributed by atoms with Gasteiger partial charge in [-0.05, 0) is 11.1 Å². The molecule has 0 saturated heterocycles. The molecule has 0 unspecified atom stereocenters. The zero-order valence-corrected chi connectivity index (χ0v) is 11.1. The molecule has 0 aromatic heterocycles. The molecule has 0 N–H and O–H groups in total. The van der Waals surface area contributed by atoms with Crippen molar-refractivity contribution < 1.29 is 4.74 Å². The lowest BCUT2D eigenvalue weighted by Gasteiger charge is -2.22. The van der Waals surface area contributed by atoms with Gasteiger partial charge in [0.05, 0.1) is 6.61 Å². The van der Waals surface area contributed by atoms with Crippen molar-refractivity contribution in [2.24, 2.45) is 0 Å². The molecule has 0 radical (unpaired) electrons. The number of benzene rings is 1. The van der Waals surface area contributed by atoms with Crippen molar-refractivity contribution in [2.75, 3.05) is 32.7 Å². The van der Waals surface area contributed by atoms with E-state index in [0.717, 1.165) is 31.8 Å². The third-order valence-corrected chi connectivity index (χ3v) is 2.87. The molecule has 0 saturated carbocycles. The average molecular weight is 254 g/mol. The van der Waals surface area contributed by atoms with Gasteiger partial charge < -0.3 is 4.74 Å². The number of nitrogens with zero attached hydrogens (tertiary/aromatic N) is 1. The maximum atomic E-state index is 5.78. The van der Waals surface area contributed by atoms with Crippen LogP contribution >= 0.6 is 11.6 Å². The number of hydrogen-bond acceptors (Lipinski definition) is 2. The van der Waals surface area contributed by atoms with E-state index < -0.39 is 0 Å². The van der Waals surface area contributed by atoms with Crippen LogP contribution in [0.1, 0.15) is 5.56 Å². The first-order valence-corrected chi connectivity index (χ1v) is 6.27. The van der Waals surface area contributed by atoms with Crippen LogP contribution in [0.2, 0.25) is 0 Å². The fourth-order valence-corrected chi connectivity index (χ4v) is 1.72. The first-order chi connectivity index (χ1) is 8.26. The van der Waals surface area contributed by atoms with E-state index >= 15 is 0 Å². The summed E-state index contributed by atoms with van der Waals surface area (Å²) >= 11 is 5.78. The first-order valence-electron chi connectivity index (χ1n) is 5.74. The van der Waals surface area contributed by atoms with Crippen molar-refractivity contribution in [1.82, 2.24) is 4.90 Å². The molecule has 3 heteroatoms. The smallest absolute Gasteiger partial charge is 0.0589 e.